The summed E-state index contributed by atoms with van der Waals surface area (Å²) in [5, 5.41) is 6.18. The Kier molecular flexibility index (Phi) is 17.0. The number of rotatable bonds is 4. The number of anilines is 2. The highest BCUT2D eigenvalue weighted by Gasteiger charge is 2.42. The number of carbonyl (C=O) groups excluding carboxylic acids is 1. The van der Waals surface area contributed by atoms with Crippen LogP contribution in [0.5, 0.6) is 0 Å². The van der Waals surface area contributed by atoms with Crippen LogP contribution in [0.15, 0.2) is 113 Å². The number of aromatic nitrogens is 2. The van der Waals surface area contributed by atoms with Crippen molar-refractivity contribution in [3.8, 4) is 23.7 Å². The molecule has 0 radical (unpaired) electrons. The molecular formula is C56H62Br2N6O3. The van der Waals surface area contributed by atoms with Crippen molar-refractivity contribution in [2.24, 2.45) is 20.0 Å². The Labute approximate surface area is 413 Å². The zero-order chi connectivity index (χ0) is 46.5. The first-order chi connectivity index (χ1) is 32.7. The molecule has 0 aliphatic carbocycles. The summed E-state index contributed by atoms with van der Waals surface area (Å²) in [7, 11) is 4.07. The summed E-state index contributed by atoms with van der Waals surface area (Å²) in [6.45, 7) is 8.25. The normalized spacial score (nSPS) is 19.6. The number of benzene rings is 4. The quantitative estimate of drug-likeness (QED) is 0.103. The first-order valence-electron chi connectivity index (χ1n) is 23.7. The molecule has 0 amide bonds. The van der Waals surface area contributed by atoms with E-state index < -0.39 is 0 Å². The molecule has 1 unspecified atom stereocenters. The lowest BCUT2D eigenvalue weighted by atomic mass is 9.80. The molecule has 3 fully saturated rings. The van der Waals surface area contributed by atoms with Crippen molar-refractivity contribution in [1.29, 1.82) is 0 Å². The van der Waals surface area contributed by atoms with Crippen LogP contribution in [0.25, 0.3) is 21.8 Å². The number of aldehydes is 1. The number of fused-ring (bicyclic) bond motifs is 5. The maximum absolute atomic E-state index is 10.7. The minimum absolute atomic E-state index is 0.123. The number of aryl methyl sites for hydroxylation is 2. The summed E-state index contributed by atoms with van der Waals surface area (Å²) in [6.07, 6.45) is 19.0. The van der Waals surface area contributed by atoms with Crippen LogP contribution in [0, 0.1) is 29.6 Å². The number of likely N-dealkylation sites (tertiary alicyclic amines) is 2. The fourth-order valence-corrected chi connectivity index (χ4v) is 10.4. The standard InChI is InChI=1S/C28H30BrN3O.C14H18N2.C10H8BrNO.C4H6O/c1-31-18-24(22-17-20(29)8-10-26(22)31)27-21-11-15-33-28(21)23-16-19(7-9-25(23)30-27)6-5-14-32-12-3-2-4-13-32;15-14-8-6-13(7-9-14)5-4-12-16-10-2-1-3-11-16;1-12-5-7(6-13)9-4-8(11)2-3-10(9)12;1-2-4-5-3-1/h7-10,16-18,21,27-28,30H,2-4,11-15H2,1H3;6-9H,1-3,10-12,15H2;2-6H,1H3;1,3H,2,4H2/t21-,27?,28-;;;/m0.../s1. The van der Waals surface area contributed by atoms with Crippen LogP contribution < -0.4 is 11.1 Å². The number of hydrogen-bond donors (Lipinski definition) is 2. The van der Waals surface area contributed by atoms with Crippen molar-refractivity contribution in [2.45, 2.75) is 63.5 Å². The first kappa shape index (κ1) is 48.2. The van der Waals surface area contributed by atoms with Gasteiger partial charge in [0.15, 0.2) is 6.29 Å². The number of carbonyl (C=O) groups is 1. The van der Waals surface area contributed by atoms with Crippen molar-refractivity contribution < 1.29 is 14.3 Å². The molecule has 5 aliphatic rings. The predicted octanol–water partition coefficient (Wildman–Crippen LogP) is 11.8. The van der Waals surface area contributed by atoms with E-state index in [1.165, 1.54) is 92.4 Å². The molecule has 0 spiro atoms. The molecule has 2 aromatic heterocycles. The van der Waals surface area contributed by atoms with Gasteiger partial charge in [-0.25, -0.2) is 0 Å². The number of hydrogen-bond acceptors (Lipinski definition) is 7. The first-order valence-corrected chi connectivity index (χ1v) is 25.3. The molecule has 3 saturated heterocycles. The predicted molar refractivity (Wildman–Crippen MR) is 281 cm³/mol. The molecule has 9 nitrogen and oxygen atoms in total. The van der Waals surface area contributed by atoms with E-state index >= 15 is 0 Å². The monoisotopic (exact) mass is 1020 g/mol. The summed E-state index contributed by atoms with van der Waals surface area (Å²) in [6, 6.07) is 27.0. The molecule has 3 atom stereocenters. The molecule has 3 N–H and O–H groups in total. The Morgan fingerprint density at radius 2 is 1.33 bits per heavy atom. The minimum atomic E-state index is 0.123. The Hall–Kier alpha value is -5.27. The maximum Gasteiger partial charge on any atom is 0.152 e. The van der Waals surface area contributed by atoms with Crippen molar-refractivity contribution in [3.05, 3.63) is 140 Å². The van der Waals surface area contributed by atoms with Crippen LogP contribution in [0.2, 0.25) is 0 Å². The van der Waals surface area contributed by atoms with E-state index in [2.05, 4.69) is 125 Å². The summed E-state index contributed by atoms with van der Waals surface area (Å²) >= 11 is 7.05. The second-order valence-electron chi connectivity index (χ2n) is 17.9. The molecule has 0 bridgehead atoms. The minimum Gasteiger partial charge on any atom is -0.501 e. The van der Waals surface area contributed by atoms with Crippen LogP contribution >= 0.6 is 31.9 Å². The van der Waals surface area contributed by atoms with Gasteiger partial charge >= 0.3 is 0 Å². The lowest BCUT2D eigenvalue weighted by Gasteiger charge is -2.36. The fraction of sp³-hybridized carbons (Fsp3) is 0.375. The summed E-state index contributed by atoms with van der Waals surface area (Å²) in [4.78, 5) is 15.6. The highest BCUT2D eigenvalue weighted by molar-refractivity contribution is 9.10. The summed E-state index contributed by atoms with van der Waals surface area (Å²) in [5.41, 5.74) is 15.4. The number of nitrogens with zero attached hydrogens (tertiary/aromatic N) is 4. The molecule has 5 aliphatic heterocycles. The van der Waals surface area contributed by atoms with Gasteiger partial charge in [0.05, 0.1) is 38.1 Å². The fourth-order valence-electron chi connectivity index (χ4n) is 9.64. The molecule has 4 aromatic carbocycles. The Morgan fingerprint density at radius 3 is 1.94 bits per heavy atom. The zero-order valence-corrected chi connectivity index (χ0v) is 42.0. The van der Waals surface area contributed by atoms with E-state index in [9.17, 15) is 4.79 Å². The second-order valence-corrected chi connectivity index (χ2v) is 19.8. The summed E-state index contributed by atoms with van der Waals surface area (Å²) in [5.74, 6) is 13.6. The molecule has 7 heterocycles. The van der Waals surface area contributed by atoms with Gasteiger partial charge in [-0.3, -0.25) is 14.6 Å². The third-order valence-corrected chi connectivity index (χ3v) is 14.1. The molecule has 67 heavy (non-hydrogen) atoms. The van der Waals surface area contributed by atoms with Gasteiger partial charge in [0, 0.05) is 115 Å². The molecular weight excluding hydrogens is 964 g/mol. The van der Waals surface area contributed by atoms with Gasteiger partial charge in [-0.15, -0.1) is 0 Å². The van der Waals surface area contributed by atoms with Crippen molar-refractivity contribution in [3.63, 3.8) is 0 Å². The Morgan fingerprint density at radius 1 is 0.716 bits per heavy atom. The Bertz CT molecular complexity index is 2770. The van der Waals surface area contributed by atoms with Gasteiger partial charge in [-0.2, -0.15) is 0 Å². The summed E-state index contributed by atoms with van der Waals surface area (Å²) < 4.78 is 17.4. The van der Waals surface area contributed by atoms with E-state index in [1.54, 1.807) is 6.26 Å². The lowest BCUT2D eigenvalue weighted by molar-refractivity contribution is 0.0830. The third kappa shape index (κ3) is 12.6. The topological polar surface area (TPSA) is 89.9 Å². The number of nitrogen functional groups attached to an aromatic ring is 1. The van der Waals surface area contributed by atoms with Gasteiger partial charge in [-0.1, -0.05) is 68.4 Å². The SMILES string of the molecule is C1=COCC1.Cn1cc(C2Nc3ccc(C#CCN4CCCCC4)cc3[C@H]3OCC[C@@H]23)c2cc(Br)ccc21.Cn1cc(C=O)c2cc(Br)ccc21.Nc1ccc(C#CCN2CCCCC2)cc1. The van der Waals surface area contributed by atoms with Gasteiger partial charge < -0.3 is 29.7 Å². The highest BCUT2D eigenvalue weighted by Crippen LogP contribution is 2.51. The molecule has 6 aromatic rings. The van der Waals surface area contributed by atoms with Crippen LogP contribution in [0.1, 0.15) is 96.1 Å². The lowest BCUT2D eigenvalue weighted by Crippen LogP contribution is -2.29. The number of ether oxygens (including phenoxy) is 2. The largest absolute Gasteiger partial charge is 0.501 e. The van der Waals surface area contributed by atoms with Crippen LogP contribution in [-0.2, 0) is 23.6 Å². The third-order valence-electron chi connectivity index (χ3n) is 13.1. The van der Waals surface area contributed by atoms with E-state index in [1.807, 2.05) is 66.4 Å². The van der Waals surface area contributed by atoms with E-state index in [0.717, 1.165) is 87.7 Å². The molecule has 11 rings (SSSR count). The number of halogens is 2. The van der Waals surface area contributed by atoms with Crippen molar-refractivity contribution in [1.82, 2.24) is 18.9 Å². The van der Waals surface area contributed by atoms with Gasteiger partial charge in [0.2, 0.25) is 0 Å². The average Bonchev–Trinajstić information content (AvgIpc) is 4.20. The van der Waals surface area contributed by atoms with Crippen molar-refractivity contribution in [2.75, 3.05) is 63.5 Å². The van der Waals surface area contributed by atoms with E-state index in [4.69, 9.17) is 15.2 Å². The van der Waals surface area contributed by atoms with Crippen LogP contribution in [0.4, 0.5) is 11.4 Å². The van der Waals surface area contributed by atoms with Gasteiger partial charge in [-0.05, 0) is 143 Å². The second kappa shape index (κ2) is 23.6. The molecule has 348 valence electrons. The zero-order valence-electron chi connectivity index (χ0n) is 38.8. The average molecular weight is 1030 g/mol. The van der Waals surface area contributed by atoms with E-state index in [0.29, 0.717) is 5.92 Å². The molecule has 11 heteroatoms. The number of nitrogens with two attached hydrogens (primary N) is 1. The van der Waals surface area contributed by atoms with Gasteiger partial charge in [0.1, 0.15) is 0 Å². The molecule has 0 saturated carbocycles. The number of nitrogens with one attached hydrogen (secondary N) is 1. The maximum atomic E-state index is 10.7. The van der Waals surface area contributed by atoms with Crippen LogP contribution in [-0.4, -0.2) is 77.7 Å². The van der Waals surface area contributed by atoms with Crippen LogP contribution in [0.3, 0.4) is 0 Å². The smallest absolute Gasteiger partial charge is 0.152 e. The van der Waals surface area contributed by atoms with E-state index in [-0.39, 0.29) is 12.1 Å². The highest BCUT2D eigenvalue weighted by atomic mass is 79.9. The number of piperidine rings is 2. The van der Waals surface area contributed by atoms with Crippen molar-refractivity contribution >= 4 is 71.3 Å². The van der Waals surface area contributed by atoms with Gasteiger partial charge in [0.25, 0.3) is 0 Å². The Balaban J connectivity index is 0.000000147.